The molecule has 2 amide bonds. The van der Waals surface area contributed by atoms with Crippen LogP contribution in [0.3, 0.4) is 0 Å². The Kier molecular flexibility index (Phi) is 4.76. The molecule has 120 valence electrons. The molecular formula is C16H23N3O2S. The maximum atomic E-state index is 12.2. The summed E-state index contributed by atoms with van der Waals surface area (Å²) in [5, 5.41) is 5.78. The number of rotatable bonds is 4. The normalized spacial score (nSPS) is 25.5. The summed E-state index contributed by atoms with van der Waals surface area (Å²) in [5.41, 5.74) is 0.765. The number of anilines is 1. The number of hydrogen-bond donors (Lipinski definition) is 1. The molecule has 1 aromatic rings. The van der Waals surface area contributed by atoms with Gasteiger partial charge in [-0.1, -0.05) is 19.8 Å². The molecule has 2 atom stereocenters. The highest BCUT2D eigenvalue weighted by atomic mass is 32.1. The lowest BCUT2D eigenvalue weighted by molar-refractivity contribution is -0.121. The standard InChI is InChI=1S/C16H23N3O2S/c1-11-5-2-3-6-13(11)18-14(20)9-12-10-22-16(17-12)19-8-4-7-15(19)21/h10-11,13H,2-9H2,1H3,(H,18,20)/t11-,13-/m0/s1. The van der Waals surface area contributed by atoms with Crippen molar-refractivity contribution in [2.45, 2.75) is 57.9 Å². The SMILES string of the molecule is C[C@H]1CCCC[C@@H]1NC(=O)Cc1csc(N2CCCC2=O)n1. The van der Waals surface area contributed by atoms with Gasteiger partial charge in [0.25, 0.3) is 0 Å². The van der Waals surface area contributed by atoms with Crippen LogP contribution in [-0.4, -0.2) is 29.4 Å². The Labute approximate surface area is 135 Å². The van der Waals surface area contributed by atoms with E-state index in [1.165, 1.54) is 30.6 Å². The molecule has 0 spiro atoms. The number of amides is 2. The predicted octanol–water partition coefficient (Wildman–Crippen LogP) is 2.51. The van der Waals surface area contributed by atoms with Crippen LogP contribution >= 0.6 is 11.3 Å². The van der Waals surface area contributed by atoms with Crippen molar-refractivity contribution >= 4 is 28.3 Å². The highest BCUT2D eigenvalue weighted by molar-refractivity contribution is 7.14. The number of carbonyl (C=O) groups is 2. The second kappa shape index (κ2) is 6.77. The molecule has 5 nitrogen and oxygen atoms in total. The summed E-state index contributed by atoms with van der Waals surface area (Å²) in [6, 6.07) is 0.305. The molecule has 2 heterocycles. The first kappa shape index (κ1) is 15.5. The van der Waals surface area contributed by atoms with E-state index in [1.54, 1.807) is 4.90 Å². The van der Waals surface area contributed by atoms with Gasteiger partial charge in [-0.2, -0.15) is 0 Å². The minimum absolute atomic E-state index is 0.0448. The average molecular weight is 321 g/mol. The van der Waals surface area contributed by atoms with Gasteiger partial charge in [-0.25, -0.2) is 4.98 Å². The van der Waals surface area contributed by atoms with Crippen molar-refractivity contribution in [1.82, 2.24) is 10.3 Å². The second-order valence-electron chi connectivity index (χ2n) is 6.38. The van der Waals surface area contributed by atoms with Crippen molar-refractivity contribution in [1.29, 1.82) is 0 Å². The second-order valence-corrected chi connectivity index (χ2v) is 7.22. The molecule has 0 radical (unpaired) electrons. The Morgan fingerprint density at radius 2 is 2.23 bits per heavy atom. The molecule has 2 aliphatic rings. The summed E-state index contributed by atoms with van der Waals surface area (Å²) in [6.07, 6.45) is 6.56. The summed E-state index contributed by atoms with van der Waals surface area (Å²) in [4.78, 5) is 30.1. The van der Waals surface area contributed by atoms with Crippen molar-refractivity contribution in [3.05, 3.63) is 11.1 Å². The first-order chi connectivity index (χ1) is 10.6. The number of thiazole rings is 1. The van der Waals surface area contributed by atoms with Crippen molar-refractivity contribution in [3.63, 3.8) is 0 Å². The van der Waals surface area contributed by atoms with Gasteiger partial charge in [-0.05, 0) is 25.2 Å². The van der Waals surface area contributed by atoms with E-state index in [1.807, 2.05) is 5.38 Å². The first-order valence-corrected chi connectivity index (χ1v) is 9.05. The lowest BCUT2D eigenvalue weighted by Gasteiger charge is -2.29. The number of carbonyl (C=O) groups excluding carboxylic acids is 2. The molecule has 0 aromatic carbocycles. The van der Waals surface area contributed by atoms with Crippen LogP contribution in [0.25, 0.3) is 0 Å². The monoisotopic (exact) mass is 321 g/mol. The van der Waals surface area contributed by atoms with Gasteiger partial charge in [-0.3, -0.25) is 14.5 Å². The largest absolute Gasteiger partial charge is 0.353 e. The molecule has 1 aromatic heterocycles. The van der Waals surface area contributed by atoms with E-state index in [2.05, 4.69) is 17.2 Å². The van der Waals surface area contributed by atoms with E-state index in [4.69, 9.17) is 0 Å². The molecule has 3 rings (SSSR count). The average Bonchev–Trinajstić information content (AvgIpc) is 3.10. The van der Waals surface area contributed by atoms with Crippen LogP contribution in [0.1, 0.15) is 51.1 Å². The molecule has 0 unspecified atom stereocenters. The van der Waals surface area contributed by atoms with Crippen molar-refractivity contribution in [2.75, 3.05) is 11.4 Å². The highest BCUT2D eigenvalue weighted by Crippen LogP contribution is 2.26. The van der Waals surface area contributed by atoms with Gasteiger partial charge in [0.1, 0.15) is 0 Å². The van der Waals surface area contributed by atoms with Crippen LogP contribution < -0.4 is 10.2 Å². The molecule has 6 heteroatoms. The van der Waals surface area contributed by atoms with Gasteiger partial charge in [0, 0.05) is 24.4 Å². The molecule has 0 bridgehead atoms. The Balaban J connectivity index is 1.55. The fourth-order valence-electron chi connectivity index (χ4n) is 3.30. The zero-order valence-electron chi connectivity index (χ0n) is 13.0. The predicted molar refractivity (Wildman–Crippen MR) is 87.0 cm³/mol. The van der Waals surface area contributed by atoms with Crippen LogP contribution in [-0.2, 0) is 16.0 Å². The van der Waals surface area contributed by atoms with Crippen LogP contribution in [0.5, 0.6) is 0 Å². The fourth-order valence-corrected chi connectivity index (χ4v) is 4.17. The van der Waals surface area contributed by atoms with Gasteiger partial charge in [-0.15, -0.1) is 11.3 Å². The molecule has 1 aliphatic heterocycles. The first-order valence-electron chi connectivity index (χ1n) is 8.17. The zero-order valence-corrected chi connectivity index (χ0v) is 13.8. The summed E-state index contributed by atoms with van der Waals surface area (Å²) >= 11 is 1.45. The Hall–Kier alpha value is -1.43. The van der Waals surface area contributed by atoms with E-state index in [9.17, 15) is 9.59 Å². The van der Waals surface area contributed by atoms with Crippen molar-refractivity contribution in [3.8, 4) is 0 Å². The molecule has 1 aliphatic carbocycles. The van der Waals surface area contributed by atoms with Gasteiger partial charge < -0.3 is 5.32 Å². The van der Waals surface area contributed by atoms with Gasteiger partial charge in [0.2, 0.25) is 11.8 Å². The lowest BCUT2D eigenvalue weighted by Crippen LogP contribution is -2.41. The minimum Gasteiger partial charge on any atom is -0.353 e. The molecule has 1 N–H and O–H groups in total. The Morgan fingerprint density at radius 3 is 2.95 bits per heavy atom. The van der Waals surface area contributed by atoms with Crippen LogP contribution in [0, 0.1) is 5.92 Å². The lowest BCUT2D eigenvalue weighted by atomic mass is 9.86. The van der Waals surface area contributed by atoms with Gasteiger partial charge >= 0.3 is 0 Å². The van der Waals surface area contributed by atoms with Crippen LogP contribution in [0.4, 0.5) is 5.13 Å². The summed E-state index contributed by atoms with van der Waals surface area (Å²) in [6.45, 7) is 2.96. The Bertz CT molecular complexity index is 557. The van der Waals surface area contributed by atoms with Crippen LogP contribution in [0.2, 0.25) is 0 Å². The molecule has 1 saturated carbocycles. The Morgan fingerprint density at radius 1 is 1.41 bits per heavy atom. The number of nitrogens with zero attached hydrogens (tertiary/aromatic N) is 2. The minimum atomic E-state index is 0.0448. The van der Waals surface area contributed by atoms with E-state index >= 15 is 0 Å². The van der Waals surface area contributed by atoms with Gasteiger partial charge in [0.15, 0.2) is 5.13 Å². The van der Waals surface area contributed by atoms with E-state index < -0.39 is 0 Å². The highest BCUT2D eigenvalue weighted by Gasteiger charge is 2.25. The summed E-state index contributed by atoms with van der Waals surface area (Å²) in [5.74, 6) is 0.746. The van der Waals surface area contributed by atoms with E-state index in [-0.39, 0.29) is 11.8 Å². The van der Waals surface area contributed by atoms with Gasteiger partial charge in [0.05, 0.1) is 12.1 Å². The topological polar surface area (TPSA) is 62.3 Å². The van der Waals surface area contributed by atoms with E-state index in [0.29, 0.717) is 24.8 Å². The zero-order chi connectivity index (χ0) is 15.5. The summed E-state index contributed by atoms with van der Waals surface area (Å²) < 4.78 is 0. The third-order valence-corrected chi connectivity index (χ3v) is 5.56. The molecule has 1 saturated heterocycles. The quantitative estimate of drug-likeness (QED) is 0.927. The van der Waals surface area contributed by atoms with Crippen molar-refractivity contribution in [2.24, 2.45) is 5.92 Å². The molecule has 22 heavy (non-hydrogen) atoms. The maximum absolute atomic E-state index is 12.2. The fraction of sp³-hybridized carbons (Fsp3) is 0.688. The molecular weight excluding hydrogens is 298 g/mol. The van der Waals surface area contributed by atoms with Crippen molar-refractivity contribution < 1.29 is 9.59 Å². The number of nitrogens with one attached hydrogen (secondary N) is 1. The summed E-state index contributed by atoms with van der Waals surface area (Å²) in [7, 11) is 0. The third kappa shape index (κ3) is 3.48. The number of aromatic nitrogens is 1. The molecule has 2 fully saturated rings. The maximum Gasteiger partial charge on any atom is 0.228 e. The van der Waals surface area contributed by atoms with Crippen LogP contribution in [0.15, 0.2) is 5.38 Å². The smallest absolute Gasteiger partial charge is 0.228 e. The third-order valence-electron chi connectivity index (χ3n) is 4.64. The number of hydrogen-bond acceptors (Lipinski definition) is 4. The van der Waals surface area contributed by atoms with E-state index in [0.717, 1.165) is 30.2 Å².